The van der Waals surface area contributed by atoms with Gasteiger partial charge in [0.1, 0.15) is 5.82 Å². The number of halogens is 1. The molecule has 0 bridgehead atoms. The molecule has 1 N–H and O–H groups in total. The fourth-order valence-corrected chi connectivity index (χ4v) is 2.40. The van der Waals surface area contributed by atoms with Crippen LogP contribution in [-0.4, -0.2) is 11.7 Å². The van der Waals surface area contributed by atoms with E-state index in [2.05, 4.69) is 5.32 Å². The van der Waals surface area contributed by atoms with Crippen molar-refractivity contribution >= 4 is 23.4 Å². The number of anilines is 1. The fourth-order valence-electron chi connectivity index (χ4n) is 1.58. The Morgan fingerprint density at radius 2 is 1.95 bits per heavy atom. The third kappa shape index (κ3) is 4.41. The van der Waals surface area contributed by atoms with Crippen LogP contribution in [0.25, 0.3) is 0 Å². The van der Waals surface area contributed by atoms with Gasteiger partial charge < -0.3 is 5.32 Å². The summed E-state index contributed by atoms with van der Waals surface area (Å²) in [6, 6.07) is 13.7. The van der Waals surface area contributed by atoms with Crippen molar-refractivity contribution in [3.05, 3.63) is 59.9 Å². The maximum atomic E-state index is 12.7. The second-order valence-corrected chi connectivity index (χ2v) is 5.21. The standard InChI is InChI=1S/C15H14FNOS/c1-11-3-2-4-14(9-11)19-10-15(18)17-13-7-5-12(16)6-8-13/h2-9H,10H2,1H3,(H,17,18). The number of carbonyl (C=O) groups excluding carboxylic acids is 1. The van der Waals surface area contributed by atoms with E-state index in [0.717, 1.165) is 4.90 Å². The molecule has 0 unspecified atom stereocenters. The van der Waals surface area contributed by atoms with Gasteiger partial charge in [0.15, 0.2) is 0 Å². The van der Waals surface area contributed by atoms with Crippen LogP contribution >= 0.6 is 11.8 Å². The average molecular weight is 275 g/mol. The van der Waals surface area contributed by atoms with Gasteiger partial charge in [-0.2, -0.15) is 0 Å². The summed E-state index contributed by atoms with van der Waals surface area (Å²) >= 11 is 1.48. The third-order valence-electron chi connectivity index (χ3n) is 2.49. The Morgan fingerprint density at radius 1 is 1.21 bits per heavy atom. The summed E-state index contributed by atoms with van der Waals surface area (Å²) in [5.41, 5.74) is 1.78. The van der Waals surface area contributed by atoms with Gasteiger partial charge in [-0.25, -0.2) is 4.39 Å². The van der Waals surface area contributed by atoms with E-state index in [1.807, 2.05) is 31.2 Å². The van der Waals surface area contributed by atoms with Crippen molar-refractivity contribution in [1.29, 1.82) is 0 Å². The quantitative estimate of drug-likeness (QED) is 0.858. The Labute approximate surface area is 116 Å². The van der Waals surface area contributed by atoms with Gasteiger partial charge in [0.05, 0.1) is 5.75 Å². The molecule has 0 radical (unpaired) electrons. The molecule has 0 saturated carbocycles. The van der Waals surface area contributed by atoms with E-state index in [9.17, 15) is 9.18 Å². The van der Waals surface area contributed by atoms with E-state index in [0.29, 0.717) is 11.4 Å². The first kappa shape index (κ1) is 13.6. The maximum Gasteiger partial charge on any atom is 0.234 e. The first-order valence-electron chi connectivity index (χ1n) is 5.88. The minimum Gasteiger partial charge on any atom is -0.325 e. The minimum atomic E-state index is -0.313. The van der Waals surface area contributed by atoms with E-state index < -0.39 is 0 Å². The van der Waals surface area contributed by atoms with Gasteiger partial charge in [0.2, 0.25) is 5.91 Å². The Bertz CT molecular complexity index is 569. The van der Waals surface area contributed by atoms with Gasteiger partial charge in [0, 0.05) is 10.6 Å². The number of rotatable bonds is 4. The molecule has 0 aliphatic heterocycles. The van der Waals surface area contributed by atoms with Crippen LogP contribution < -0.4 is 5.32 Å². The zero-order chi connectivity index (χ0) is 13.7. The summed E-state index contributed by atoms with van der Waals surface area (Å²) in [6.45, 7) is 2.02. The zero-order valence-corrected chi connectivity index (χ0v) is 11.3. The fraction of sp³-hybridized carbons (Fsp3) is 0.133. The first-order valence-corrected chi connectivity index (χ1v) is 6.87. The zero-order valence-electron chi connectivity index (χ0n) is 10.5. The summed E-state index contributed by atoms with van der Waals surface area (Å²) in [5.74, 6) is -0.0776. The lowest BCUT2D eigenvalue weighted by Gasteiger charge is -2.05. The van der Waals surface area contributed by atoms with E-state index in [-0.39, 0.29) is 11.7 Å². The summed E-state index contributed by atoms with van der Waals surface area (Å²) in [6.07, 6.45) is 0. The van der Waals surface area contributed by atoms with Crippen LogP contribution in [0.1, 0.15) is 5.56 Å². The number of aryl methyl sites for hydroxylation is 1. The highest BCUT2D eigenvalue weighted by molar-refractivity contribution is 8.00. The lowest BCUT2D eigenvalue weighted by molar-refractivity contribution is -0.113. The predicted octanol–water partition coefficient (Wildman–Crippen LogP) is 3.86. The third-order valence-corrected chi connectivity index (χ3v) is 3.48. The Morgan fingerprint density at radius 3 is 2.63 bits per heavy atom. The molecule has 98 valence electrons. The predicted molar refractivity (Wildman–Crippen MR) is 76.9 cm³/mol. The topological polar surface area (TPSA) is 29.1 Å². The van der Waals surface area contributed by atoms with E-state index in [4.69, 9.17) is 0 Å². The molecule has 0 aromatic heterocycles. The number of hydrogen-bond donors (Lipinski definition) is 1. The summed E-state index contributed by atoms with van der Waals surface area (Å²) in [7, 11) is 0. The number of carbonyl (C=O) groups is 1. The highest BCUT2D eigenvalue weighted by Gasteiger charge is 2.04. The minimum absolute atomic E-state index is 0.0990. The lowest BCUT2D eigenvalue weighted by Crippen LogP contribution is -2.13. The molecule has 0 spiro atoms. The highest BCUT2D eigenvalue weighted by Crippen LogP contribution is 2.19. The molecule has 19 heavy (non-hydrogen) atoms. The normalized spacial score (nSPS) is 10.2. The van der Waals surface area contributed by atoms with Crippen LogP contribution in [0.15, 0.2) is 53.4 Å². The van der Waals surface area contributed by atoms with Gasteiger partial charge in [0.25, 0.3) is 0 Å². The highest BCUT2D eigenvalue weighted by atomic mass is 32.2. The molecule has 2 aromatic rings. The molecule has 0 heterocycles. The smallest absolute Gasteiger partial charge is 0.234 e. The first-order chi connectivity index (χ1) is 9.13. The van der Waals surface area contributed by atoms with E-state index in [1.165, 1.54) is 29.5 Å². The van der Waals surface area contributed by atoms with Crippen LogP contribution in [0.2, 0.25) is 0 Å². The number of thioether (sulfide) groups is 1. The Balaban J connectivity index is 1.86. The van der Waals surface area contributed by atoms with Crippen LogP contribution in [0, 0.1) is 12.7 Å². The molecule has 0 fully saturated rings. The number of nitrogens with one attached hydrogen (secondary N) is 1. The van der Waals surface area contributed by atoms with Crippen LogP contribution in [0.3, 0.4) is 0 Å². The van der Waals surface area contributed by atoms with E-state index >= 15 is 0 Å². The van der Waals surface area contributed by atoms with Crippen molar-refractivity contribution in [2.45, 2.75) is 11.8 Å². The van der Waals surface area contributed by atoms with E-state index in [1.54, 1.807) is 12.1 Å². The molecule has 2 nitrogen and oxygen atoms in total. The van der Waals surface area contributed by atoms with Crippen molar-refractivity contribution in [2.24, 2.45) is 0 Å². The van der Waals surface area contributed by atoms with Crippen molar-refractivity contribution in [1.82, 2.24) is 0 Å². The SMILES string of the molecule is Cc1cccc(SCC(=O)Nc2ccc(F)cc2)c1. The second-order valence-electron chi connectivity index (χ2n) is 4.16. The molecule has 1 amide bonds. The average Bonchev–Trinajstić information content (AvgIpc) is 2.39. The Hall–Kier alpha value is -1.81. The molecule has 4 heteroatoms. The lowest BCUT2D eigenvalue weighted by atomic mass is 10.2. The molecular formula is C15H14FNOS. The Kier molecular flexibility index (Phi) is 4.58. The van der Waals surface area contributed by atoms with Crippen LogP contribution in [0.5, 0.6) is 0 Å². The molecule has 2 aromatic carbocycles. The van der Waals surface area contributed by atoms with Crippen molar-refractivity contribution in [3.8, 4) is 0 Å². The van der Waals surface area contributed by atoms with Crippen LogP contribution in [-0.2, 0) is 4.79 Å². The van der Waals surface area contributed by atoms with Crippen molar-refractivity contribution < 1.29 is 9.18 Å². The molecule has 0 aliphatic rings. The monoisotopic (exact) mass is 275 g/mol. The number of hydrogen-bond acceptors (Lipinski definition) is 2. The van der Waals surface area contributed by atoms with Gasteiger partial charge in [-0.05, 0) is 43.3 Å². The number of benzene rings is 2. The maximum absolute atomic E-state index is 12.7. The van der Waals surface area contributed by atoms with Gasteiger partial charge >= 0.3 is 0 Å². The molecule has 0 atom stereocenters. The number of amides is 1. The van der Waals surface area contributed by atoms with Crippen molar-refractivity contribution in [2.75, 3.05) is 11.1 Å². The van der Waals surface area contributed by atoms with Gasteiger partial charge in [-0.15, -0.1) is 11.8 Å². The molecular weight excluding hydrogens is 261 g/mol. The summed E-state index contributed by atoms with van der Waals surface area (Å²) in [4.78, 5) is 12.8. The molecule has 0 aliphatic carbocycles. The van der Waals surface area contributed by atoms with Crippen LogP contribution in [0.4, 0.5) is 10.1 Å². The largest absolute Gasteiger partial charge is 0.325 e. The molecule has 2 rings (SSSR count). The second kappa shape index (κ2) is 6.38. The van der Waals surface area contributed by atoms with Gasteiger partial charge in [-0.3, -0.25) is 4.79 Å². The summed E-state index contributed by atoms with van der Waals surface area (Å²) < 4.78 is 12.7. The van der Waals surface area contributed by atoms with Gasteiger partial charge in [-0.1, -0.05) is 17.7 Å². The summed E-state index contributed by atoms with van der Waals surface area (Å²) in [5, 5.41) is 2.73. The van der Waals surface area contributed by atoms with Crippen molar-refractivity contribution in [3.63, 3.8) is 0 Å². The molecule has 0 saturated heterocycles.